The number of carbonyl (C=O) groups excluding carboxylic acids is 1. The maximum atomic E-state index is 13.1. The normalized spacial score (nSPS) is 26.3. The van der Waals surface area contributed by atoms with E-state index in [1.165, 1.54) is 6.92 Å². The monoisotopic (exact) mass is 466 g/mol. The number of amides is 1. The molecule has 0 bridgehead atoms. The molecule has 0 aromatic heterocycles. The summed E-state index contributed by atoms with van der Waals surface area (Å²) < 4.78 is 84.4. The van der Waals surface area contributed by atoms with E-state index in [-0.39, 0.29) is 30.2 Å². The van der Waals surface area contributed by atoms with Crippen molar-refractivity contribution in [2.24, 2.45) is 0 Å². The average molecular weight is 466 g/mol. The molecule has 0 radical (unpaired) electrons. The summed E-state index contributed by atoms with van der Waals surface area (Å²) in [6.45, 7) is 4.78. The molecular weight excluding hydrogens is 438 g/mol. The fourth-order valence-corrected chi connectivity index (χ4v) is 4.26. The standard InChI is InChI=1S/C22H28F6N2O2/c1-14(15-9-16(21(23,24)25)11-17(10-15)22(26,27)28)32-13-20(2)7-6-18(12-29-20)30-8-4-3-5-19(30)31/h9-11,14,18,29H,3-8,12-13H2,1-2H3. The zero-order chi connectivity index (χ0) is 23.7. The van der Waals surface area contributed by atoms with Crippen LogP contribution in [0.25, 0.3) is 0 Å². The molecule has 2 aliphatic heterocycles. The molecule has 1 aromatic rings. The van der Waals surface area contributed by atoms with Crippen molar-refractivity contribution >= 4 is 5.91 Å². The summed E-state index contributed by atoms with van der Waals surface area (Å²) in [5.74, 6) is 0.154. The van der Waals surface area contributed by atoms with Gasteiger partial charge in [0.15, 0.2) is 0 Å². The number of carbonyl (C=O) groups is 1. The van der Waals surface area contributed by atoms with Crippen LogP contribution in [0.3, 0.4) is 0 Å². The summed E-state index contributed by atoms with van der Waals surface area (Å²) in [6.07, 6.45) is -6.87. The summed E-state index contributed by atoms with van der Waals surface area (Å²) in [7, 11) is 0. The molecule has 2 heterocycles. The van der Waals surface area contributed by atoms with Crippen molar-refractivity contribution < 1.29 is 35.9 Å². The molecule has 2 saturated heterocycles. The number of hydrogen-bond donors (Lipinski definition) is 1. The number of nitrogens with one attached hydrogen (secondary N) is 1. The van der Waals surface area contributed by atoms with Gasteiger partial charge < -0.3 is 15.0 Å². The highest BCUT2D eigenvalue weighted by molar-refractivity contribution is 5.77. The Bertz CT molecular complexity index is 783. The van der Waals surface area contributed by atoms with E-state index in [2.05, 4.69) is 5.32 Å². The molecule has 1 amide bonds. The summed E-state index contributed by atoms with van der Waals surface area (Å²) in [4.78, 5) is 14.0. The SMILES string of the molecule is CC(OCC1(C)CCC(N2CCCCC2=O)CN1)c1cc(C(F)(F)F)cc(C(F)(F)F)c1. The van der Waals surface area contributed by atoms with E-state index in [1.54, 1.807) is 0 Å². The van der Waals surface area contributed by atoms with Crippen LogP contribution in [-0.2, 0) is 21.9 Å². The predicted octanol–water partition coefficient (Wildman–Crippen LogP) is 5.33. The Morgan fingerprint density at radius 1 is 1.12 bits per heavy atom. The summed E-state index contributed by atoms with van der Waals surface area (Å²) in [5, 5.41) is 3.36. The minimum absolute atomic E-state index is 0.0890. The van der Waals surface area contributed by atoms with Crippen molar-refractivity contribution in [2.45, 2.75) is 76.0 Å². The molecule has 0 saturated carbocycles. The fourth-order valence-electron chi connectivity index (χ4n) is 4.26. The van der Waals surface area contributed by atoms with Gasteiger partial charge in [0.2, 0.25) is 5.91 Å². The number of piperidine rings is 2. The van der Waals surface area contributed by atoms with Crippen molar-refractivity contribution in [1.29, 1.82) is 0 Å². The number of halogens is 6. The molecule has 3 unspecified atom stereocenters. The minimum Gasteiger partial charge on any atom is -0.372 e. The maximum absolute atomic E-state index is 13.1. The van der Waals surface area contributed by atoms with Crippen molar-refractivity contribution in [3.8, 4) is 0 Å². The Morgan fingerprint density at radius 2 is 1.75 bits per heavy atom. The molecule has 3 rings (SSSR count). The first-order valence-electron chi connectivity index (χ1n) is 10.7. The number of rotatable bonds is 5. The third-order valence-electron chi connectivity index (χ3n) is 6.33. The molecular formula is C22H28F6N2O2. The van der Waals surface area contributed by atoms with E-state index < -0.39 is 35.1 Å². The summed E-state index contributed by atoms with van der Waals surface area (Å²) in [5.41, 5.74) is -3.37. The fraction of sp³-hybridized carbons (Fsp3) is 0.682. The highest BCUT2D eigenvalue weighted by atomic mass is 19.4. The molecule has 0 aliphatic carbocycles. The lowest BCUT2D eigenvalue weighted by Crippen LogP contribution is -2.59. The molecule has 2 aliphatic rings. The van der Waals surface area contributed by atoms with Gasteiger partial charge in [0.1, 0.15) is 0 Å². The zero-order valence-corrected chi connectivity index (χ0v) is 18.1. The van der Waals surface area contributed by atoms with Gasteiger partial charge >= 0.3 is 12.4 Å². The molecule has 1 N–H and O–H groups in total. The Morgan fingerprint density at radius 3 is 2.25 bits per heavy atom. The summed E-state index contributed by atoms with van der Waals surface area (Å²) >= 11 is 0. The molecule has 2 fully saturated rings. The van der Waals surface area contributed by atoms with E-state index >= 15 is 0 Å². The lowest BCUT2D eigenvalue weighted by Gasteiger charge is -2.44. The van der Waals surface area contributed by atoms with Crippen LogP contribution in [0.4, 0.5) is 26.3 Å². The second-order valence-electron chi connectivity index (χ2n) is 8.97. The lowest BCUT2D eigenvalue weighted by atomic mass is 9.88. The highest BCUT2D eigenvalue weighted by Gasteiger charge is 2.38. The Balaban J connectivity index is 1.64. The quantitative estimate of drug-likeness (QED) is 0.597. The zero-order valence-electron chi connectivity index (χ0n) is 18.1. The van der Waals surface area contributed by atoms with Gasteiger partial charge in [-0.25, -0.2) is 0 Å². The average Bonchev–Trinajstić information content (AvgIpc) is 2.72. The van der Waals surface area contributed by atoms with Gasteiger partial charge in [0.05, 0.1) is 23.8 Å². The van der Waals surface area contributed by atoms with Crippen LogP contribution in [-0.4, -0.2) is 42.1 Å². The molecule has 4 nitrogen and oxygen atoms in total. The molecule has 180 valence electrons. The number of hydrogen-bond acceptors (Lipinski definition) is 3. The van der Waals surface area contributed by atoms with Crippen LogP contribution in [0.2, 0.25) is 0 Å². The lowest BCUT2D eigenvalue weighted by molar-refractivity contribution is -0.143. The Hall–Kier alpha value is -1.81. The van der Waals surface area contributed by atoms with Crippen LogP contribution in [0.5, 0.6) is 0 Å². The topological polar surface area (TPSA) is 41.6 Å². The van der Waals surface area contributed by atoms with Crippen molar-refractivity contribution in [3.05, 3.63) is 34.9 Å². The number of nitrogens with zero attached hydrogens (tertiary/aromatic N) is 1. The second kappa shape index (κ2) is 9.21. The van der Waals surface area contributed by atoms with Crippen LogP contribution >= 0.6 is 0 Å². The molecule has 0 spiro atoms. The van der Waals surface area contributed by atoms with E-state index in [0.29, 0.717) is 31.5 Å². The Kier molecular flexibility index (Phi) is 7.14. The molecule has 10 heteroatoms. The van der Waals surface area contributed by atoms with Crippen LogP contribution in [0, 0.1) is 0 Å². The third kappa shape index (κ3) is 5.95. The molecule has 32 heavy (non-hydrogen) atoms. The minimum atomic E-state index is -4.90. The van der Waals surface area contributed by atoms with Gasteiger partial charge in [-0.3, -0.25) is 4.79 Å². The van der Waals surface area contributed by atoms with Gasteiger partial charge in [0.25, 0.3) is 0 Å². The van der Waals surface area contributed by atoms with Crippen LogP contribution in [0.15, 0.2) is 18.2 Å². The maximum Gasteiger partial charge on any atom is 0.416 e. The van der Waals surface area contributed by atoms with Gasteiger partial charge in [-0.2, -0.15) is 26.3 Å². The van der Waals surface area contributed by atoms with E-state index in [1.807, 2.05) is 11.8 Å². The summed E-state index contributed by atoms with van der Waals surface area (Å²) in [6, 6.07) is 1.61. The van der Waals surface area contributed by atoms with Crippen LogP contribution in [0.1, 0.15) is 68.7 Å². The van der Waals surface area contributed by atoms with Crippen molar-refractivity contribution in [3.63, 3.8) is 0 Å². The van der Waals surface area contributed by atoms with E-state index in [4.69, 9.17) is 4.74 Å². The molecule has 3 atom stereocenters. The number of likely N-dealkylation sites (tertiary alicyclic amines) is 1. The smallest absolute Gasteiger partial charge is 0.372 e. The van der Waals surface area contributed by atoms with E-state index in [0.717, 1.165) is 25.8 Å². The third-order valence-corrected chi connectivity index (χ3v) is 6.33. The second-order valence-corrected chi connectivity index (χ2v) is 8.97. The first-order chi connectivity index (χ1) is 14.8. The predicted molar refractivity (Wildman–Crippen MR) is 106 cm³/mol. The largest absolute Gasteiger partial charge is 0.416 e. The number of ether oxygens (including phenoxy) is 1. The van der Waals surface area contributed by atoms with Crippen molar-refractivity contribution in [1.82, 2.24) is 10.2 Å². The Labute approximate surface area is 183 Å². The first kappa shape index (κ1) is 24.8. The van der Waals surface area contributed by atoms with E-state index in [9.17, 15) is 31.1 Å². The van der Waals surface area contributed by atoms with Crippen LogP contribution < -0.4 is 5.32 Å². The first-order valence-corrected chi connectivity index (χ1v) is 10.7. The van der Waals surface area contributed by atoms with Gasteiger partial charge in [-0.15, -0.1) is 0 Å². The highest BCUT2D eigenvalue weighted by Crippen LogP contribution is 2.38. The van der Waals surface area contributed by atoms with Gasteiger partial charge in [-0.05, 0) is 63.3 Å². The van der Waals surface area contributed by atoms with Gasteiger partial charge in [0, 0.05) is 31.1 Å². The number of benzene rings is 1. The van der Waals surface area contributed by atoms with Gasteiger partial charge in [-0.1, -0.05) is 0 Å². The number of alkyl halides is 6. The molecule has 1 aromatic carbocycles. The van der Waals surface area contributed by atoms with Crippen molar-refractivity contribution in [2.75, 3.05) is 19.7 Å².